The second kappa shape index (κ2) is 8.94. The first-order chi connectivity index (χ1) is 15.0. The maximum Gasteiger partial charge on any atom is 0.261 e. The van der Waals surface area contributed by atoms with Gasteiger partial charge in [-0.25, -0.2) is 8.42 Å². The maximum atomic E-state index is 12.9. The van der Waals surface area contributed by atoms with Crippen LogP contribution in [-0.4, -0.2) is 20.9 Å². The molecule has 4 rings (SSSR count). The third-order valence-corrected chi connectivity index (χ3v) is 6.89. The molecule has 1 aliphatic rings. The zero-order valence-electron chi connectivity index (χ0n) is 17.5. The highest BCUT2D eigenvalue weighted by atomic mass is 32.2. The van der Waals surface area contributed by atoms with Crippen molar-refractivity contribution in [2.75, 3.05) is 16.2 Å². The van der Waals surface area contributed by atoms with Gasteiger partial charge in [0, 0.05) is 23.5 Å². The van der Waals surface area contributed by atoms with Gasteiger partial charge >= 0.3 is 0 Å². The summed E-state index contributed by atoms with van der Waals surface area (Å²) in [5, 5.41) is 0. The third-order valence-electron chi connectivity index (χ3n) is 5.49. The summed E-state index contributed by atoms with van der Waals surface area (Å²) < 4.78 is 28.3. The molecule has 0 saturated carbocycles. The van der Waals surface area contributed by atoms with Crippen LogP contribution in [0.15, 0.2) is 77.7 Å². The van der Waals surface area contributed by atoms with Crippen LogP contribution in [0.5, 0.6) is 0 Å². The lowest BCUT2D eigenvalue weighted by Crippen LogP contribution is -2.35. The van der Waals surface area contributed by atoms with Crippen molar-refractivity contribution in [3.8, 4) is 0 Å². The lowest BCUT2D eigenvalue weighted by molar-refractivity contribution is 0.0985. The highest BCUT2D eigenvalue weighted by molar-refractivity contribution is 7.92. The zero-order chi connectivity index (χ0) is 21.8. The third kappa shape index (κ3) is 4.64. The Morgan fingerprint density at radius 3 is 2.45 bits per heavy atom. The molecule has 0 spiro atoms. The minimum atomic E-state index is -3.67. The van der Waals surface area contributed by atoms with Gasteiger partial charge in [-0.3, -0.25) is 9.52 Å². The van der Waals surface area contributed by atoms with E-state index in [0.29, 0.717) is 17.8 Å². The Balaban J connectivity index is 1.56. The van der Waals surface area contributed by atoms with Crippen molar-refractivity contribution in [1.29, 1.82) is 0 Å². The van der Waals surface area contributed by atoms with Crippen LogP contribution in [0.2, 0.25) is 0 Å². The minimum Gasteiger partial charge on any atom is -0.308 e. The van der Waals surface area contributed by atoms with Crippen molar-refractivity contribution < 1.29 is 13.2 Å². The number of hydrogen-bond donors (Lipinski definition) is 1. The molecule has 1 heterocycles. The molecule has 3 aromatic carbocycles. The van der Waals surface area contributed by atoms with E-state index < -0.39 is 10.0 Å². The van der Waals surface area contributed by atoms with Gasteiger partial charge in [0.25, 0.3) is 15.9 Å². The van der Waals surface area contributed by atoms with Crippen molar-refractivity contribution in [2.24, 2.45) is 0 Å². The molecule has 3 aromatic rings. The Bertz CT molecular complexity index is 1170. The Morgan fingerprint density at radius 1 is 1.00 bits per heavy atom. The van der Waals surface area contributed by atoms with E-state index in [1.54, 1.807) is 23.1 Å². The van der Waals surface area contributed by atoms with Crippen molar-refractivity contribution in [2.45, 2.75) is 37.5 Å². The van der Waals surface area contributed by atoms with Gasteiger partial charge in [-0.2, -0.15) is 0 Å². The van der Waals surface area contributed by atoms with E-state index in [9.17, 15) is 13.2 Å². The summed E-state index contributed by atoms with van der Waals surface area (Å²) in [4.78, 5) is 15.0. The Morgan fingerprint density at radius 2 is 1.74 bits per heavy atom. The van der Waals surface area contributed by atoms with Crippen LogP contribution in [0.25, 0.3) is 0 Å². The summed E-state index contributed by atoms with van der Waals surface area (Å²) in [6.45, 7) is 2.74. The number of hydrogen-bond acceptors (Lipinski definition) is 3. The average molecular weight is 435 g/mol. The number of aryl methyl sites for hydroxylation is 2. The quantitative estimate of drug-likeness (QED) is 0.591. The van der Waals surface area contributed by atoms with E-state index in [2.05, 4.69) is 11.6 Å². The summed E-state index contributed by atoms with van der Waals surface area (Å²) in [6.07, 6.45) is 3.58. The summed E-state index contributed by atoms with van der Waals surface area (Å²) >= 11 is 0. The van der Waals surface area contributed by atoms with Gasteiger partial charge in [0.2, 0.25) is 0 Å². The van der Waals surface area contributed by atoms with Crippen LogP contribution < -0.4 is 9.62 Å². The minimum absolute atomic E-state index is 0.0398. The standard InChI is InChI=1S/C25H26N2O3S/c1-2-7-19-11-14-23(15-12-19)31(29,30)26-22-13-16-24-21(18-22)10-6-17-27(24)25(28)20-8-4-3-5-9-20/h3-5,8-9,11-16,18,26H,2,6-7,10,17H2,1H3. The van der Waals surface area contributed by atoms with Gasteiger partial charge in [0.05, 0.1) is 4.90 Å². The van der Waals surface area contributed by atoms with E-state index in [0.717, 1.165) is 42.5 Å². The van der Waals surface area contributed by atoms with Crippen LogP contribution in [0, 0.1) is 0 Å². The molecule has 31 heavy (non-hydrogen) atoms. The number of benzene rings is 3. The van der Waals surface area contributed by atoms with Gasteiger partial charge in [-0.15, -0.1) is 0 Å². The van der Waals surface area contributed by atoms with Gasteiger partial charge in [-0.1, -0.05) is 43.7 Å². The molecule has 0 fully saturated rings. The number of nitrogens with zero attached hydrogens (tertiary/aromatic N) is 1. The van der Waals surface area contributed by atoms with Crippen LogP contribution in [0.4, 0.5) is 11.4 Å². The first-order valence-electron chi connectivity index (χ1n) is 10.6. The number of nitrogens with one attached hydrogen (secondary N) is 1. The molecule has 0 saturated heterocycles. The van der Waals surface area contributed by atoms with E-state index in [-0.39, 0.29) is 10.8 Å². The molecule has 1 amide bonds. The van der Waals surface area contributed by atoms with Crippen LogP contribution in [-0.2, 0) is 22.9 Å². The molecular weight excluding hydrogens is 408 g/mol. The topological polar surface area (TPSA) is 66.5 Å². The number of amides is 1. The second-order valence-corrected chi connectivity index (χ2v) is 9.45. The average Bonchev–Trinajstić information content (AvgIpc) is 2.79. The second-order valence-electron chi connectivity index (χ2n) is 7.77. The predicted molar refractivity (Wildman–Crippen MR) is 124 cm³/mol. The van der Waals surface area contributed by atoms with Gasteiger partial charge in [0.1, 0.15) is 0 Å². The molecule has 160 valence electrons. The van der Waals surface area contributed by atoms with Crippen molar-refractivity contribution in [3.05, 3.63) is 89.5 Å². The van der Waals surface area contributed by atoms with E-state index in [4.69, 9.17) is 0 Å². The van der Waals surface area contributed by atoms with Crippen molar-refractivity contribution >= 4 is 27.3 Å². The lowest BCUT2D eigenvalue weighted by atomic mass is 10.00. The molecule has 0 aromatic heterocycles. The first-order valence-corrected chi connectivity index (χ1v) is 12.1. The van der Waals surface area contributed by atoms with Crippen LogP contribution in [0.1, 0.15) is 41.3 Å². The number of rotatable bonds is 6. The first kappa shape index (κ1) is 21.1. The molecule has 0 radical (unpaired) electrons. The normalized spacial score (nSPS) is 13.5. The Hall–Kier alpha value is -3.12. The van der Waals surface area contributed by atoms with Crippen molar-refractivity contribution in [1.82, 2.24) is 0 Å². The monoisotopic (exact) mass is 434 g/mol. The Labute approximate surface area is 183 Å². The fourth-order valence-electron chi connectivity index (χ4n) is 3.95. The molecule has 0 aliphatic carbocycles. The number of carbonyl (C=O) groups is 1. The molecule has 0 atom stereocenters. The molecule has 1 aliphatic heterocycles. The maximum absolute atomic E-state index is 12.9. The molecule has 0 unspecified atom stereocenters. The number of anilines is 2. The van der Waals surface area contributed by atoms with Crippen LogP contribution >= 0.6 is 0 Å². The van der Waals surface area contributed by atoms with Gasteiger partial charge in [-0.05, 0) is 72.9 Å². The van der Waals surface area contributed by atoms with Gasteiger partial charge < -0.3 is 4.90 Å². The number of sulfonamides is 1. The summed E-state index contributed by atoms with van der Waals surface area (Å²) in [7, 11) is -3.67. The predicted octanol–water partition coefficient (Wildman–Crippen LogP) is 5.03. The summed E-state index contributed by atoms with van der Waals surface area (Å²) in [5.41, 5.74) is 4.08. The molecule has 1 N–H and O–H groups in total. The lowest BCUT2D eigenvalue weighted by Gasteiger charge is -2.30. The SMILES string of the molecule is CCCc1ccc(S(=O)(=O)Nc2ccc3c(c2)CCCN3C(=O)c2ccccc2)cc1. The smallest absolute Gasteiger partial charge is 0.261 e. The van der Waals surface area contributed by atoms with E-state index in [1.807, 2.05) is 54.6 Å². The Kier molecular flexibility index (Phi) is 6.09. The zero-order valence-corrected chi connectivity index (χ0v) is 18.4. The number of fused-ring (bicyclic) bond motifs is 1. The molecule has 5 nitrogen and oxygen atoms in total. The van der Waals surface area contributed by atoms with E-state index in [1.165, 1.54) is 0 Å². The molecule has 6 heteroatoms. The molecular formula is C25H26N2O3S. The highest BCUT2D eigenvalue weighted by Gasteiger charge is 2.24. The fraction of sp³-hybridized carbons (Fsp3) is 0.240. The van der Waals surface area contributed by atoms with Crippen LogP contribution in [0.3, 0.4) is 0 Å². The summed E-state index contributed by atoms with van der Waals surface area (Å²) in [5.74, 6) is -0.0398. The summed E-state index contributed by atoms with van der Waals surface area (Å²) in [6, 6.07) is 21.6. The largest absolute Gasteiger partial charge is 0.308 e. The fourth-order valence-corrected chi connectivity index (χ4v) is 5.00. The van der Waals surface area contributed by atoms with Gasteiger partial charge in [0.15, 0.2) is 0 Å². The van der Waals surface area contributed by atoms with Crippen molar-refractivity contribution in [3.63, 3.8) is 0 Å². The van der Waals surface area contributed by atoms with E-state index >= 15 is 0 Å². The highest BCUT2D eigenvalue weighted by Crippen LogP contribution is 2.31. The molecule has 0 bridgehead atoms. The number of carbonyl (C=O) groups excluding carboxylic acids is 1.